The van der Waals surface area contributed by atoms with E-state index < -0.39 is 0 Å². The van der Waals surface area contributed by atoms with E-state index in [4.69, 9.17) is 0 Å². The van der Waals surface area contributed by atoms with Crippen LogP contribution in [0, 0.1) is 13.8 Å². The van der Waals surface area contributed by atoms with Crippen molar-refractivity contribution in [2.75, 3.05) is 0 Å². The minimum Gasteiger partial charge on any atom is -0.141 e. The van der Waals surface area contributed by atoms with Crippen LogP contribution >= 0.6 is 11.3 Å². The van der Waals surface area contributed by atoms with Crippen LogP contribution in [0.3, 0.4) is 0 Å². The molecule has 1 aliphatic rings. The van der Waals surface area contributed by atoms with Crippen molar-refractivity contribution < 1.29 is 0 Å². The standard InChI is InChI=1S/C19H18.C10H10S/c1-5-13(2)14-10-11-18-16(12-14)15-8-6-7-9-17(15)19(18,3)4;1-7-4-3-5-10-9(7)6-8(2)11-10/h5-12H,1-2H2,3-4H3;3-6H,1-2H3. The SMILES string of the molecule is C=CC(=C)c1ccc2c(c1)-c1ccccc1C2(C)C.Cc1cc2c(C)cccc2s1. The molecule has 0 spiro atoms. The van der Waals surface area contributed by atoms with Gasteiger partial charge in [0, 0.05) is 15.0 Å². The fourth-order valence-corrected chi connectivity index (χ4v) is 5.37. The molecule has 4 aromatic rings. The molecule has 0 unspecified atom stereocenters. The van der Waals surface area contributed by atoms with E-state index in [1.165, 1.54) is 42.8 Å². The van der Waals surface area contributed by atoms with E-state index in [0.717, 1.165) is 11.1 Å². The number of hydrogen-bond acceptors (Lipinski definition) is 1. The van der Waals surface area contributed by atoms with Crippen LogP contribution < -0.4 is 0 Å². The molecule has 1 aliphatic carbocycles. The number of thiophene rings is 1. The zero-order chi connectivity index (χ0) is 21.5. The Hall–Kier alpha value is -2.90. The Bertz CT molecular complexity index is 1270. The molecular weight excluding hydrogens is 380 g/mol. The van der Waals surface area contributed by atoms with Gasteiger partial charge >= 0.3 is 0 Å². The molecule has 0 saturated heterocycles. The van der Waals surface area contributed by atoms with Gasteiger partial charge in [0.2, 0.25) is 0 Å². The molecule has 0 atom stereocenters. The maximum atomic E-state index is 4.04. The molecule has 0 amide bonds. The molecule has 0 nitrogen and oxygen atoms in total. The Balaban J connectivity index is 0.000000168. The normalized spacial score (nSPS) is 13.2. The average Bonchev–Trinajstić information content (AvgIpc) is 3.24. The highest BCUT2D eigenvalue weighted by atomic mass is 32.1. The van der Waals surface area contributed by atoms with Crippen molar-refractivity contribution in [2.45, 2.75) is 33.1 Å². The van der Waals surface area contributed by atoms with Gasteiger partial charge in [-0.25, -0.2) is 0 Å². The number of fused-ring (bicyclic) bond motifs is 4. The minimum atomic E-state index is 0.0833. The summed E-state index contributed by atoms with van der Waals surface area (Å²) in [5, 5.41) is 1.41. The van der Waals surface area contributed by atoms with Gasteiger partial charge in [-0.3, -0.25) is 0 Å². The van der Waals surface area contributed by atoms with Crippen LogP contribution in [0.2, 0.25) is 0 Å². The second-order valence-electron chi connectivity index (χ2n) is 8.50. The maximum Gasteiger partial charge on any atom is 0.0348 e. The van der Waals surface area contributed by atoms with E-state index in [1.807, 2.05) is 17.4 Å². The van der Waals surface area contributed by atoms with Crippen LogP contribution in [0.5, 0.6) is 0 Å². The lowest BCUT2D eigenvalue weighted by atomic mass is 9.82. The average molecular weight is 409 g/mol. The predicted molar refractivity (Wildman–Crippen MR) is 135 cm³/mol. The summed E-state index contributed by atoms with van der Waals surface area (Å²) in [5.41, 5.74) is 9.08. The quantitative estimate of drug-likeness (QED) is 0.291. The monoisotopic (exact) mass is 408 g/mol. The first kappa shape index (κ1) is 20.4. The van der Waals surface area contributed by atoms with Gasteiger partial charge in [-0.2, -0.15) is 0 Å². The maximum absolute atomic E-state index is 4.04. The Morgan fingerprint density at radius 3 is 2.33 bits per heavy atom. The molecule has 5 rings (SSSR count). The molecule has 30 heavy (non-hydrogen) atoms. The molecule has 0 radical (unpaired) electrons. The van der Waals surface area contributed by atoms with Crippen molar-refractivity contribution in [2.24, 2.45) is 0 Å². The highest BCUT2D eigenvalue weighted by molar-refractivity contribution is 7.19. The molecular formula is C29H28S. The first-order valence-electron chi connectivity index (χ1n) is 10.3. The van der Waals surface area contributed by atoms with Gasteiger partial charge in [-0.05, 0) is 76.4 Å². The van der Waals surface area contributed by atoms with Gasteiger partial charge in [-0.15, -0.1) is 11.3 Å². The van der Waals surface area contributed by atoms with Gasteiger partial charge in [0.25, 0.3) is 0 Å². The lowest BCUT2D eigenvalue weighted by molar-refractivity contribution is 0.660. The third-order valence-corrected chi connectivity index (χ3v) is 7.12. The molecule has 1 heterocycles. The van der Waals surface area contributed by atoms with Crippen molar-refractivity contribution in [3.8, 4) is 11.1 Å². The highest BCUT2D eigenvalue weighted by Crippen LogP contribution is 2.48. The van der Waals surface area contributed by atoms with E-state index in [0.29, 0.717) is 0 Å². The van der Waals surface area contributed by atoms with E-state index in [2.05, 4.69) is 108 Å². The van der Waals surface area contributed by atoms with Crippen LogP contribution in [0.25, 0.3) is 26.8 Å². The van der Waals surface area contributed by atoms with Crippen LogP contribution in [-0.4, -0.2) is 0 Å². The summed E-state index contributed by atoms with van der Waals surface area (Å²) in [4.78, 5) is 1.40. The summed E-state index contributed by atoms with van der Waals surface area (Å²) in [6, 6.07) is 24.0. The highest BCUT2D eigenvalue weighted by Gasteiger charge is 2.34. The number of hydrogen-bond donors (Lipinski definition) is 0. The second-order valence-corrected chi connectivity index (χ2v) is 9.79. The number of benzene rings is 3. The minimum absolute atomic E-state index is 0.0833. The molecule has 0 aliphatic heterocycles. The molecule has 1 aromatic heterocycles. The topological polar surface area (TPSA) is 0 Å². The second kappa shape index (κ2) is 7.74. The van der Waals surface area contributed by atoms with Gasteiger partial charge in [0.15, 0.2) is 0 Å². The van der Waals surface area contributed by atoms with Crippen molar-refractivity contribution >= 4 is 27.0 Å². The van der Waals surface area contributed by atoms with Crippen molar-refractivity contribution in [3.05, 3.63) is 113 Å². The fraction of sp³-hybridized carbons (Fsp3) is 0.172. The van der Waals surface area contributed by atoms with Crippen molar-refractivity contribution in [1.82, 2.24) is 0 Å². The van der Waals surface area contributed by atoms with Gasteiger partial charge in [0.05, 0.1) is 0 Å². The summed E-state index contributed by atoms with van der Waals surface area (Å²) in [6.45, 7) is 16.7. The fourth-order valence-electron chi connectivity index (χ4n) is 4.37. The van der Waals surface area contributed by atoms with Gasteiger partial charge in [-0.1, -0.05) is 81.6 Å². The van der Waals surface area contributed by atoms with E-state index in [9.17, 15) is 0 Å². The molecule has 0 fully saturated rings. The van der Waals surface area contributed by atoms with Gasteiger partial charge < -0.3 is 0 Å². The van der Waals surface area contributed by atoms with Gasteiger partial charge in [0.1, 0.15) is 0 Å². The Morgan fingerprint density at radius 2 is 1.60 bits per heavy atom. The first-order valence-corrected chi connectivity index (χ1v) is 11.2. The van der Waals surface area contributed by atoms with E-state index >= 15 is 0 Å². The molecule has 0 saturated carbocycles. The van der Waals surface area contributed by atoms with Crippen molar-refractivity contribution in [3.63, 3.8) is 0 Å². The smallest absolute Gasteiger partial charge is 0.0348 e. The zero-order valence-electron chi connectivity index (χ0n) is 18.3. The summed E-state index contributed by atoms with van der Waals surface area (Å²) >= 11 is 1.87. The predicted octanol–water partition coefficient (Wildman–Crippen LogP) is 8.71. The molecule has 150 valence electrons. The van der Waals surface area contributed by atoms with E-state index in [-0.39, 0.29) is 5.41 Å². The number of aryl methyl sites for hydroxylation is 2. The molecule has 0 N–H and O–H groups in total. The lowest BCUT2D eigenvalue weighted by Gasteiger charge is -2.21. The summed E-state index contributed by atoms with van der Waals surface area (Å²) in [7, 11) is 0. The third-order valence-electron chi connectivity index (χ3n) is 6.10. The van der Waals surface area contributed by atoms with E-state index in [1.54, 1.807) is 0 Å². The summed E-state index contributed by atoms with van der Waals surface area (Å²) in [5.74, 6) is 0. The Labute approximate surface area is 184 Å². The molecule has 0 bridgehead atoms. The summed E-state index contributed by atoms with van der Waals surface area (Å²) < 4.78 is 1.41. The lowest BCUT2D eigenvalue weighted by Crippen LogP contribution is -2.14. The van der Waals surface area contributed by atoms with Crippen LogP contribution in [0.1, 0.15) is 41.0 Å². The first-order chi connectivity index (χ1) is 14.3. The summed E-state index contributed by atoms with van der Waals surface area (Å²) in [6.07, 6.45) is 1.81. The number of rotatable bonds is 2. The largest absolute Gasteiger partial charge is 0.141 e. The van der Waals surface area contributed by atoms with Crippen LogP contribution in [-0.2, 0) is 5.41 Å². The molecule has 1 heteroatoms. The Morgan fingerprint density at radius 1 is 0.867 bits per heavy atom. The van der Waals surface area contributed by atoms with Crippen LogP contribution in [0.15, 0.2) is 86.0 Å². The van der Waals surface area contributed by atoms with Crippen molar-refractivity contribution in [1.29, 1.82) is 0 Å². The zero-order valence-corrected chi connectivity index (χ0v) is 19.1. The molecule has 3 aromatic carbocycles. The number of allylic oxidation sites excluding steroid dienone is 2. The Kier molecular flexibility index (Phi) is 5.26. The third kappa shape index (κ3) is 3.44. The van der Waals surface area contributed by atoms with Crippen LogP contribution in [0.4, 0.5) is 0 Å².